The summed E-state index contributed by atoms with van der Waals surface area (Å²) in [6, 6.07) is 0. The predicted molar refractivity (Wildman–Crippen MR) is 60.6 cm³/mol. The highest BCUT2D eigenvalue weighted by molar-refractivity contribution is 4.59. The molecule has 0 aromatic carbocycles. The molecular weight excluding hydrogens is 217 g/mol. The zero-order valence-corrected chi connectivity index (χ0v) is 10.2. The third kappa shape index (κ3) is 11.8. The molecule has 16 heavy (non-hydrogen) atoms. The van der Waals surface area contributed by atoms with E-state index in [1.54, 1.807) is 11.9 Å². The van der Waals surface area contributed by atoms with Crippen LogP contribution in [0.3, 0.4) is 0 Å². The molecule has 0 amide bonds. The molecule has 0 saturated heterocycles. The molecule has 0 heterocycles. The van der Waals surface area contributed by atoms with E-state index in [4.69, 9.17) is 0 Å². The quantitative estimate of drug-likeness (QED) is 0.623. The molecule has 0 aliphatic heterocycles. The van der Waals surface area contributed by atoms with Gasteiger partial charge in [0, 0.05) is 19.6 Å². The second-order valence-corrected chi connectivity index (χ2v) is 4.13. The van der Waals surface area contributed by atoms with Gasteiger partial charge in [-0.25, -0.2) is 0 Å². The maximum absolute atomic E-state index is 11.9. The SMILES string of the molecule is CCCCCNCCN(C)CCC(F)(F)F. The van der Waals surface area contributed by atoms with Crippen LogP contribution in [0.5, 0.6) is 0 Å². The zero-order chi connectivity index (χ0) is 12.4. The maximum Gasteiger partial charge on any atom is 0.390 e. The van der Waals surface area contributed by atoms with Crippen molar-refractivity contribution in [3.63, 3.8) is 0 Å². The predicted octanol–water partition coefficient (Wildman–Crippen LogP) is 2.65. The maximum atomic E-state index is 11.9. The number of alkyl halides is 3. The highest BCUT2D eigenvalue weighted by Crippen LogP contribution is 2.19. The van der Waals surface area contributed by atoms with Gasteiger partial charge in [0.05, 0.1) is 6.42 Å². The Balaban J connectivity index is 3.27. The van der Waals surface area contributed by atoms with E-state index >= 15 is 0 Å². The van der Waals surface area contributed by atoms with E-state index in [-0.39, 0.29) is 6.54 Å². The van der Waals surface area contributed by atoms with Crippen molar-refractivity contribution < 1.29 is 13.2 Å². The van der Waals surface area contributed by atoms with Crippen LogP contribution in [0.2, 0.25) is 0 Å². The fourth-order valence-corrected chi connectivity index (χ4v) is 1.32. The number of nitrogens with zero attached hydrogens (tertiary/aromatic N) is 1. The fourth-order valence-electron chi connectivity index (χ4n) is 1.32. The van der Waals surface area contributed by atoms with Crippen molar-refractivity contribution >= 4 is 0 Å². The Morgan fingerprint density at radius 2 is 1.75 bits per heavy atom. The van der Waals surface area contributed by atoms with Gasteiger partial charge in [0.2, 0.25) is 0 Å². The third-order valence-corrected chi connectivity index (χ3v) is 2.40. The Hall–Kier alpha value is -0.290. The van der Waals surface area contributed by atoms with Gasteiger partial charge in [-0.3, -0.25) is 0 Å². The van der Waals surface area contributed by atoms with Crippen molar-refractivity contribution in [2.45, 2.75) is 38.8 Å². The van der Waals surface area contributed by atoms with Crippen LogP contribution < -0.4 is 5.32 Å². The first-order valence-electron chi connectivity index (χ1n) is 5.91. The van der Waals surface area contributed by atoms with Crippen molar-refractivity contribution in [2.75, 3.05) is 33.2 Å². The Morgan fingerprint density at radius 1 is 1.06 bits per heavy atom. The van der Waals surface area contributed by atoms with Crippen LogP contribution >= 0.6 is 0 Å². The number of rotatable bonds is 9. The van der Waals surface area contributed by atoms with Crippen LogP contribution in [-0.2, 0) is 0 Å². The molecule has 0 radical (unpaired) electrons. The summed E-state index contributed by atoms with van der Waals surface area (Å²) in [6.45, 7) is 4.62. The molecule has 0 atom stereocenters. The van der Waals surface area contributed by atoms with Crippen LogP contribution in [0, 0.1) is 0 Å². The average Bonchev–Trinajstić information content (AvgIpc) is 2.19. The normalized spacial score (nSPS) is 12.4. The molecule has 0 rings (SSSR count). The van der Waals surface area contributed by atoms with E-state index in [0.29, 0.717) is 6.54 Å². The summed E-state index contributed by atoms with van der Waals surface area (Å²) in [5.41, 5.74) is 0. The van der Waals surface area contributed by atoms with E-state index in [1.165, 1.54) is 12.8 Å². The average molecular weight is 240 g/mol. The van der Waals surface area contributed by atoms with Crippen LogP contribution in [0.4, 0.5) is 13.2 Å². The minimum Gasteiger partial charge on any atom is -0.315 e. The Kier molecular flexibility index (Phi) is 8.66. The molecule has 2 nitrogen and oxygen atoms in total. The third-order valence-electron chi connectivity index (χ3n) is 2.40. The molecule has 98 valence electrons. The number of likely N-dealkylation sites (N-methyl/N-ethyl adjacent to an activating group) is 1. The first kappa shape index (κ1) is 15.7. The Bertz CT molecular complexity index is 160. The van der Waals surface area contributed by atoms with E-state index in [2.05, 4.69) is 12.2 Å². The minimum absolute atomic E-state index is 0.0835. The summed E-state index contributed by atoms with van der Waals surface area (Å²) in [4.78, 5) is 1.71. The van der Waals surface area contributed by atoms with Gasteiger partial charge in [-0.15, -0.1) is 0 Å². The molecule has 0 aromatic heterocycles. The van der Waals surface area contributed by atoms with E-state index in [9.17, 15) is 13.2 Å². The topological polar surface area (TPSA) is 15.3 Å². The van der Waals surface area contributed by atoms with Crippen LogP contribution in [0.1, 0.15) is 32.6 Å². The molecule has 0 spiro atoms. The molecule has 5 heteroatoms. The first-order valence-corrected chi connectivity index (χ1v) is 5.91. The lowest BCUT2D eigenvalue weighted by atomic mass is 10.2. The second-order valence-electron chi connectivity index (χ2n) is 4.13. The van der Waals surface area contributed by atoms with Crippen molar-refractivity contribution in [3.05, 3.63) is 0 Å². The largest absolute Gasteiger partial charge is 0.390 e. The van der Waals surface area contributed by atoms with Crippen molar-refractivity contribution in [1.29, 1.82) is 0 Å². The van der Waals surface area contributed by atoms with Gasteiger partial charge < -0.3 is 10.2 Å². The van der Waals surface area contributed by atoms with Crippen molar-refractivity contribution in [1.82, 2.24) is 10.2 Å². The molecule has 0 bridgehead atoms. The smallest absolute Gasteiger partial charge is 0.315 e. The zero-order valence-electron chi connectivity index (χ0n) is 10.2. The lowest BCUT2D eigenvalue weighted by Gasteiger charge is -2.17. The lowest BCUT2D eigenvalue weighted by molar-refractivity contribution is -0.137. The molecule has 0 aliphatic rings. The monoisotopic (exact) mass is 240 g/mol. The molecule has 0 aromatic rings. The van der Waals surface area contributed by atoms with E-state index in [0.717, 1.165) is 19.5 Å². The summed E-state index contributed by atoms with van der Waals surface area (Å²) < 4.78 is 35.7. The van der Waals surface area contributed by atoms with Gasteiger partial charge in [0.1, 0.15) is 0 Å². The fraction of sp³-hybridized carbons (Fsp3) is 1.00. The van der Waals surface area contributed by atoms with Crippen molar-refractivity contribution in [3.8, 4) is 0 Å². The van der Waals surface area contributed by atoms with Crippen molar-refractivity contribution in [2.24, 2.45) is 0 Å². The van der Waals surface area contributed by atoms with E-state index in [1.807, 2.05) is 0 Å². The molecular formula is C11H23F3N2. The summed E-state index contributed by atoms with van der Waals surface area (Å²) in [7, 11) is 1.72. The van der Waals surface area contributed by atoms with Gasteiger partial charge in [0.15, 0.2) is 0 Å². The molecule has 0 unspecified atom stereocenters. The first-order chi connectivity index (χ1) is 7.45. The number of halogens is 3. The number of nitrogens with one attached hydrogen (secondary N) is 1. The van der Waals surface area contributed by atoms with Gasteiger partial charge in [-0.1, -0.05) is 19.8 Å². The number of hydrogen-bond donors (Lipinski definition) is 1. The molecule has 0 saturated carbocycles. The molecule has 0 aliphatic carbocycles. The van der Waals surface area contributed by atoms with E-state index < -0.39 is 12.6 Å². The Morgan fingerprint density at radius 3 is 2.31 bits per heavy atom. The number of hydrogen-bond acceptors (Lipinski definition) is 2. The lowest BCUT2D eigenvalue weighted by Crippen LogP contribution is -2.32. The highest BCUT2D eigenvalue weighted by atomic mass is 19.4. The second kappa shape index (κ2) is 8.82. The summed E-state index contributed by atoms with van der Waals surface area (Å²) >= 11 is 0. The van der Waals surface area contributed by atoms with Crippen LogP contribution in [-0.4, -0.2) is 44.3 Å². The standard InChI is InChI=1S/C11H23F3N2/c1-3-4-5-7-15-8-10-16(2)9-6-11(12,13)14/h15H,3-10H2,1-2H3. The van der Waals surface area contributed by atoms with Gasteiger partial charge in [-0.2, -0.15) is 13.2 Å². The number of unbranched alkanes of at least 4 members (excludes halogenated alkanes) is 2. The van der Waals surface area contributed by atoms with Crippen LogP contribution in [0.25, 0.3) is 0 Å². The summed E-state index contributed by atoms with van der Waals surface area (Å²) in [5.74, 6) is 0. The molecule has 0 fully saturated rings. The Labute approximate surface area is 96.2 Å². The van der Waals surface area contributed by atoms with Crippen LogP contribution in [0.15, 0.2) is 0 Å². The van der Waals surface area contributed by atoms with Gasteiger partial charge >= 0.3 is 6.18 Å². The summed E-state index contributed by atoms with van der Waals surface area (Å²) in [5, 5.41) is 3.23. The molecule has 1 N–H and O–H groups in total. The highest BCUT2D eigenvalue weighted by Gasteiger charge is 2.26. The van der Waals surface area contributed by atoms with Gasteiger partial charge in [-0.05, 0) is 20.0 Å². The van der Waals surface area contributed by atoms with Gasteiger partial charge in [0.25, 0.3) is 0 Å². The summed E-state index contributed by atoms with van der Waals surface area (Å²) in [6.07, 6.45) is -1.23. The minimum atomic E-state index is -4.04.